The van der Waals surface area contributed by atoms with Gasteiger partial charge in [0.25, 0.3) is 0 Å². The highest BCUT2D eigenvalue weighted by Crippen LogP contribution is 2.34. The molecule has 0 aromatic carbocycles. The molecule has 0 bridgehead atoms. The maximum Gasteiger partial charge on any atom is 0.225 e. The van der Waals surface area contributed by atoms with Gasteiger partial charge in [-0.2, -0.15) is 0 Å². The fourth-order valence-electron chi connectivity index (χ4n) is 4.34. The second-order valence-electron chi connectivity index (χ2n) is 8.05. The van der Waals surface area contributed by atoms with Crippen molar-refractivity contribution in [3.8, 4) is 0 Å². The number of ether oxygens (including phenoxy) is 1. The Bertz CT molecular complexity index is 625. The smallest absolute Gasteiger partial charge is 0.225 e. The van der Waals surface area contributed by atoms with Crippen LogP contribution in [0.1, 0.15) is 44.9 Å². The van der Waals surface area contributed by atoms with Gasteiger partial charge in [0.2, 0.25) is 11.8 Å². The van der Waals surface area contributed by atoms with E-state index < -0.39 is 0 Å². The van der Waals surface area contributed by atoms with Crippen molar-refractivity contribution in [3.05, 3.63) is 24.5 Å². The molecular formula is C20H29N3O3. The van der Waals surface area contributed by atoms with Crippen molar-refractivity contribution in [2.45, 2.75) is 56.5 Å². The van der Waals surface area contributed by atoms with E-state index in [0.717, 1.165) is 51.6 Å². The fraction of sp³-hybridized carbons (Fsp3) is 0.700. The van der Waals surface area contributed by atoms with Gasteiger partial charge in [-0.05, 0) is 50.7 Å². The van der Waals surface area contributed by atoms with Crippen LogP contribution >= 0.6 is 0 Å². The minimum absolute atomic E-state index is 0.118. The molecule has 2 aliphatic heterocycles. The average Bonchev–Trinajstić information content (AvgIpc) is 3.35. The Balaban J connectivity index is 1.31. The van der Waals surface area contributed by atoms with Crippen LogP contribution in [-0.4, -0.2) is 53.6 Å². The second kappa shape index (κ2) is 7.43. The van der Waals surface area contributed by atoms with Crippen LogP contribution in [-0.2, 0) is 19.9 Å². The number of rotatable bonds is 5. The summed E-state index contributed by atoms with van der Waals surface area (Å²) in [5.74, 6) is 0.729. The lowest BCUT2D eigenvalue weighted by molar-refractivity contribution is -0.133. The van der Waals surface area contributed by atoms with E-state index in [1.165, 1.54) is 0 Å². The molecule has 1 aromatic rings. The molecule has 3 heterocycles. The van der Waals surface area contributed by atoms with E-state index in [2.05, 4.69) is 22.3 Å². The number of aromatic nitrogens is 1. The van der Waals surface area contributed by atoms with E-state index in [0.29, 0.717) is 25.5 Å². The second-order valence-corrected chi connectivity index (χ2v) is 8.05. The Morgan fingerprint density at radius 3 is 2.31 bits per heavy atom. The molecule has 4 rings (SSSR count). The lowest BCUT2D eigenvalue weighted by Crippen LogP contribution is -2.49. The largest absolute Gasteiger partial charge is 0.381 e. The number of nitrogens with zero attached hydrogens (tertiary/aromatic N) is 2. The number of amides is 2. The van der Waals surface area contributed by atoms with Gasteiger partial charge in [-0.1, -0.05) is 0 Å². The first-order valence-corrected chi connectivity index (χ1v) is 9.96. The number of nitrogens with one attached hydrogen (secondary N) is 1. The molecule has 2 saturated heterocycles. The standard InChI is InChI=1S/C20H29N3O3/c24-18(15-20(7-13-26-14-8-20)23-9-1-2-10-23)21-17-5-11-22(12-6-17)19(25)16-3-4-16/h1-2,9-10,16-17H,3-8,11-15H2,(H,21,24). The SMILES string of the molecule is O=C(CC1(n2cccc2)CCOCC1)NC1CCN(C(=O)C2CC2)CC1. The van der Waals surface area contributed by atoms with Gasteiger partial charge < -0.3 is 19.5 Å². The van der Waals surface area contributed by atoms with Crippen molar-refractivity contribution in [2.75, 3.05) is 26.3 Å². The van der Waals surface area contributed by atoms with E-state index in [9.17, 15) is 9.59 Å². The normalized spacial score (nSPS) is 23.6. The van der Waals surface area contributed by atoms with Crippen molar-refractivity contribution in [2.24, 2.45) is 5.92 Å². The van der Waals surface area contributed by atoms with E-state index in [1.54, 1.807) is 0 Å². The summed E-state index contributed by atoms with van der Waals surface area (Å²) in [6.07, 6.45) is 10.2. The van der Waals surface area contributed by atoms with Gasteiger partial charge in [0.1, 0.15) is 0 Å². The number of piperidine rings is 1. The molecule has 3 aliphatic rings. The third-order valence-electron chi connectivity index (χ3n) is 6.16. The quantitative estimate of drug-likeness (QED) is 0.873. The molecule has 26 heavy (non-hydrogen) atoms. The Morgan fingerprint density at radius 1 is 1.04 bits per heavy atom. The van der Waals surface area contributed by atoms with E-state index in [4.69, 9.17) is 4.74 Å². The lowest BCUT2D eigenvalue weighted by atomic mass is 9.85. The van der Waals surface area contributed by atoms with Crippen molar-refractivity contribution < 1.29 is 14.3 Å². The van der Waals surface area contributed by atoms with Crippen molar-refractivity contribution in [1.82, 2.24) is 14.8 Å². The van der Waals surface area contributed by atoms with Crippen LogP contribution in [0.4, 0.5) is 0 Å². The number of carbonyl (C=O) groups excluding carboxylic acids is 2. The Kier molecular flexibility index (Phi) is 5.02. The predicted octanol–water partition coefficient (Wildman–Crippen LogP) is 1.90. The summed E-state index contributed by atoms with van der Waals surface area (Å²) >= 11 is 0. The minimum Gasteiger partial charge on any atom is -0.381 e. The Morgan fingerprint density at radius 2 is 1.69 bits per heavy atom. The molecule has 0 unspecified atom stereocenters. The summed E-state index contributed by atoms with van der Waals surface area (Å²) in [4.78, 5) is 26.9. The van der Waals surface area contributed by atoms with Crippen LogP contribution in [0.5, 0.6) is 0 Å². The molecule has 6 nitrogen and oxygen atoms in total. The third-order valence-corrected chi connectivity index (χ3v) is 6.16. The first kappa shape index (κ1) is 17.6. The van der Waals surface area contributed by atoms with Crippen molar-refractivity contribution in [1.29, 1.82) is 0 Å². The van der Waals surface area contributed by atoms with E-state index >= 15 is 0 Å². The summed E-state index contributed by atoms with van der Waals surface area (Å²) in [5, 5.41) is 3.23. The van der Waals surface area contributed by atoms with Gasteiger partial charge in [-0.25, -0.2) is 0 Å². The van der Waals surface area contributed by atoms with Crippen LogP contribution in [0.15, 0.2) is 24.5 Å². The van der Waals surface area contributed by atoms with Gasteiger partial charge in [-0.3, -0.25) is 9.59 Å². The van der Waals surface area contributed by atoms with Crippen LogP contribution in [0.25, 0.3) is 0 Å². The third kappa shape index (κ3) is 3.80. The zero-order chi connectivity index (χ0) is 18.0. The minimum atomic E-state index is -0.172. The molecule has 1 N–H and O–H groups in total. The van der Waals surface area contributed by atoms with Crippen molar-refractivity contribution >= 4 is 11.8 Å². The highest BCUT2D eigenvalue weighted by atomic mass is 16.5. The molecule has 1 aromatic heterocycles. The first-order chi connectivity index (χ1) is 12.7. The average molecular weight is 359 g/mol. The summed E-state index contributed by atoms with van der Waals surface area (Å²) in [6.45, 7) is 2.95. The Hall–Kier alpha value is -1.82. The number of hydrogen-bond acceptors (Lipinski definition) is 3. The molecule has 0 atom stereocenters. The summed E-state index contributed by atoms with van der Waals surface area (Å²) in [7, 11) is 0. The monoisotopic (exact) mass is 359 g/mol. The van der Waals surface area contributed by atoms with Crippen LogP contribution < -0.4 is 5.32 Å². The highest BCUT2D eigenvalue weighted by Gasteiger charge is 2.38. The molecule has 1 aliphatic carbocycles. The molecule has 0 radical (unpaired) electrons. The molecular weight excluding hydrogens is 330 g/mol. The fourth-order valence-corrected chi connectivity index (χ4v) is 4.34. The number of hydrogen-bond donors (Lipinski definition) is 1. The molecule has 3 fully saturated rings. The van der Waals surface area contributed by atoms with Gasteiger partial charge in [0.05, 0.1) is 12.0 Å². The van der Waals surface area contributed by atoms with Gasteiger partial charge in [-0.15, -0.1) is 0 Å². The van der Waals surface area contributed by atoms with Gasteiger partial charge >= 0.3 is 0 Å². The molecule has 1 saturated carbocycles. The van der Waals surface area contributed by atoms with Crippen LogP contribution in [0.3, 0.4) is 0 Å². The van der Waals surface area contributed by atoms with E-state index in [-0.39, 0.29) is 23.4 Å². The maximum atomic E-state index is 12.8. The van der Waals surface area contributed by atoms with Gasteiger partial charge in [0, 0.05) is 50.7 Å². The first-order valence-electron chi connectivity index (χ1n) is 9.96. The lowest BCUT2D eigenvalue weighted by Gasteiger charge is -2.39. The topological polar surface area (TPSA) is 63.6 Å². The Labute approximate surface area is 154 Å². The zero-order valence-corrected chi connectivity index (χ0v) is 15.4. The van der Waals surface area contributed by atoms with Crippen LogP contribution in [0, 0.1) is 5.92 Å². The number of carbonyl (C=O) groups is 2. The molecule has 6 heteroatoms. The molecule has 2 amide bonds. The van der Waals surface area contributed by atoms with Crippen molar-refractivity contribution in [3.63, 3.8) is 0 Å². The summed E-state index contributed by atoms with van der Waals surface area (Å²) < 4.78 is 7.72. The zero-order valence-electron chi connectivity index (χ0n) is 15.4. The maximum absolute atomic E-state index is 12.8. The molecule has 0 spiro atoms. The van der Waals surface area contributed by atoms with Gasteiger partial charge in [0.15, 0.2) is 0 Å². The summed E-state index contributed by atoms with van der Waals surface area (Å²) in [6, 6.07) is 4.22. The molecule has 142 valence electrons. The summed E-state index contributed by atoms with van der Waals surface area (Å²) in [5.41, 5.74) is -0.172. The number of likely N-dealkylation sites (tertiary alicyclic amines) is 1. The predicted molar refractivity (Wildman–Crippen MR) is 97.5 cm³/mol. The highest BCUT2D eigenvalue weighted by molar-refractivity contribution is 5.81. The van der Waals surface area contributed by atoms with E-state index in [1.807, 2.05) is 17.0 Å². The van der Waals surface area contributed by atoms with Crippen LogP contribution in [0.2, 0.25) is 0 Å².